The van der Waals surface area contributed by atoms with Gasteiger partial charge in [0.1, 0.15) is 5.75 Å². The lowest BCUT2D eigenvalue weighted by atomic mass is 9.84. The number of benzene rings is 3. The first-order chi connectivity index (χ1) is 18.0. The van der Waals surface area contributed by atoms with Crippen molar-refractivity contribution in [3.05, 3.63) is 111 Å². The average Bonchev–Trinajstić information content (AvgIpc) is 3.22. The molecule has 0 aliphatic rings. The largest absolute Gasteiger partial charge is 0.507 e. The number of aromatic nitrogens is 2. The minimum atomic E-state index is -4.38. The molecule has 5 aromatic rings. The van der Waals surface area contributed by atoms with E-state index in [1.165, 1.54) is 28.8 Å². The summed E-state index contributed by atoms with van der Waals surface area (Å²) in [5.74, 6) is -1.76. The fourth-order valence-corrected chi connectivity index (χ4v) is 5.13. The van der Waals surface area contributed by atoms with Crippen molar-refractivity contribution < 1.29 is 23.1 Å². The van der Waals surface area contributed by atoms with E-state index < -0.39 is 30.0 Å². The number of fused-ring (bicyclic) bond motifs is 2. The van der Waals surface area contributed by atoms with Crippen molar-refractivity contribution in [3.63, 3.8) is 0 Å². The zero-order chi connectivity index (χ0) is 27.2. The van der Waals surface area contributed by atoms with E-state index in [1.807, 2.05) is 18.2 Å². The van der Waals surface area contributed by atoms with Crippen LogP contribution in [0.2, 0.25) is 0 Å². The molecule has 1 amide bonds. The quantitative estimate of drug-likeness (QED) is 0.293. The Bertz CT molecular complexity index is 1730. The minimum absolute atomic E-state index is 0.0343. The third-order valence-corrected chi connectivity index (χ3v) is 6.80. The first kappa shape index (κ1) is 25.1. The second-order valence-electron chi connectivity index (χ2n) is 9.32. The summed E-state index contributed by atoms with van der Waals surface area (Å²) in [5.41, 5.74) is 7.88. The zero-order valence-electron chi connectivity index (χ0n) is 20.3. The molecule has 6 nitrogen and oxygen atoms in total. The molecule has 0 aliphatic heterocycles. The van der Waals surface area contributed by atoms with Gasteiger partial charge in [-0.25, -0.2) is 0 Å². The molecule has 5 rings (SSSR count). The number of pyridine rings is 1. The van der Waals surface area contributed by atoms with Gasteiger partial charge in [0.15, 0.2) is 0 Å². The van der Waals surface area contributed by atoms with Crippen LogP contribution in [0.5, 0.6) is 5.75 Å². The van der Waals surface area contributed by atoms with Crippen LogP contribution in [-0.2, 0) is 24.7 Å². The molecule has 0 saturated heterocycles. The average molecular weight is 520 g/mol. The van der Waals surface area contributed by atoms with Crippen molar-refractivity contribution in [2.75, 3.05) is 0 Å². The van der Waals surface area contributed by atoms with Crippen LogP contribution >= 0.6 is 0 Å². The number of nitrogens with zero attached hydrogens (tertiary/aromatic N) is 1. The molecule has 0 saturated carbocycles. The van der Waals surface area contributed by atoms with Crippen LogP contribution in [0, 0.1) is 0 Å². The maximum atomic E-state index is 13.7. The number of aromatic amines is 1. The normalized spacial score (nSPS) is 12.7. The maximum absolute atomic E-state index is 13.7. The van der Waals surface area contributed by atoms with Crippen LogP contribution in [-0.4, -0.2) is 26.7 Å². The van der Waals surface area contributed by atoms with Crippen LogP contribution in [0.1, 0.15) is 33.9 Å². The Morgan fingerprint density at radius 2 is 1.63 bits per heavy atom. The van der Waals surface area contributed by atoms with Crippen molar-refractivity contribution in [3.8, 4) is 5.75 Å². The summed E-state index contributed by atoms with van der Waals surface area (Å²) >= 11 is 0. The number of hydrogen-bond donors (Lipinski definition) is 3. The lowest BCUT2D eigenvalue weighted by Crippen LogP contribution is -2.26. The topological polar surface area (TPSA) is 101 Å². The van der Waals surface area contributed by atoms with E-state index in [-0.39, 0.29) is 23.3 Å². The molecule has 2 heterocycles. The lowest BCUT2D eigenvalue weighted by molar-refractivity contribution is -0.127. The number of para-hydroxylation sites is 2. The molecule has 38 heavy (non-hydrogen) atoms. The molecule has 0 radical (unpaired) electrons. The molecule has 194 valence electrons. The van der Waals surface area contributed by atoms with E-state index in [0.29, 0.717) is 33.2 Å². The number of nitrogens with two attached hydrogens (primary N) is 1. The molecule has 0 spiro atoms. The summed E-state index contributed by atoms with van der Waals surface area (Å²) in [5, 5.41) is 12.6. The summed E-state index contributed by atoms with van der Waals surface area (Å²) in [7, 11) is 1.59. The van der Waals surface area contributed by atoms with Gasteiger partial charge in [-0.1, -0.05) is 54.6 Å². The zero-order valence-corrected chi connectivity index (χ0v) is 20.3. The van der Waals surface area contributed by atoms with Gasteiger partial charge in [-0.3, -0.25) is 9.59 Å². The number of H-pyrrole nitrogens is 1. The summed E-state index contributed by atoms with van der Waals surface area (Å²) < 4.78 is 40.4. The van der Waals surface area contributed by atoms with Gasteiger partial charge in [0.2, 0.25) is 5.91 Å². The Kier molecular flexibility index (Phi) is 6.22. The number of halogens is 3. The maximum Gasteiger partial charge on any atom is 0.393 e. The van der Waals surface area contributed by atoms with Gasteiger partial charge in [-0.05, 0) is 34.9 Å². The lowest BCUT2D eigenvalue weighted by Gasteiger charge is -2.22. The smallest absolute Gasteiger partial charge is 0.393 e. The molecule has 3 aromatic carbocycles. The van der Waals surface area contributed by atoms with E-state index in [0.717, 1.165) is 5.39 Å². The number of carbonyl (C=O) groups excluding carboxylic acids is 1. The monoisotopic (exact) mass is 519 g/mol. The van der Waals surface area contributed by atoms with E-state index >= 15 is 0 Å². The number of aryl methyl sites for hydroxylation is 1. The molecule has 9 heteroatoms. The van der Waals surface area contributed by atoms with Gasteiger partial charge in [-0.2, -0.15) is 13.2 Å². The Morgan fingerprint density at radius 3 is 2.29 bits per heavy atom. The summed E-state index contributed by atoms with van der Waals surface area (Å²) in [6.45, 7) is 0. The number of rotatable bonds is 6. The number of alkyl halides is 3. The number of nitrogens with one attached hydrogen (secondary N) is 1. The minimum Gasteiger partial charge on any atom is -0.507 e. The fraction of sp³-hybridized carbons (Fsp3) is 0.172. The number of carbonyl (C=O) groups is 1. The van der Waals surface area contributed by atoms with Gasteiger partial charge in [0.05, 0.1) is 29.8 Å². The second-order valence-corrected chi connectivity index (χ2v) is 9.32. The first-order valence-corrected chi connectivity index (χ1v) is 11.9. The summed E-state index contributed by atoms with van der Waals surface area (Å²) in [4.78, 5) is 29.1. The van der Waals surface area contributed by atoms with Crippen molar-refractivity contribution in [1.29, 1.82) is 0 Å². The highest BCUT2D eigenvalue weighted by Gasteiger charge is 2.31. The van der Waals surface area contributed by atoms with Gasteiger partial charge in [-0.15, -0.1) is 0 Å². The highest BCUT2D eigenvalue weighted by Crippen LogP contribution is 2.41. The first-order valence-electron chi connectivity index (χ1n) is 11.9. The molecule has 0 bridgehead atoms. The SMILES string of the molecule is Cn1c(=O)c(C(c2ccc(CC(F)(F)F)cc2)c2[nH]c3ccccc3c2CC(N)=O)c(O)c2ccccc21. The van der Waals surface area contributed by atoms with Crippen molar-refractivity contribution in [1.82, 2.24) is 9.55 Å². The van der Waals surface area contributed by atoms with Crippen molar-refractivity contribution in [2.45, 2.75) is 24.9 Å². The van der Waals surface area contributed by atoms with E-state index in [4.69, 9.17) is 5.73 Å². The van der Waals surface area contributed by atoms with Gasteiger partial charge >= 0.3 is 6.18 Å². The number of hydrogen-bond acceptors (Lipinski definition) is 3. The van der Waals surface area contributed by atoms with Crippen LogP contribution in [0.3, 0.4) is 0 Å². The Morgan fingerprint density at radius 1 is 1.00 bits per heavy atom. The molecule has 1 atom stereocenters. The standard InChI is InChI=1S/C29H24F3N3O3/c1-35-22-9-5-3-7-19(22)27(37)25(28(35)38)24(17-12-10-16(11-13-17)15-29(30,31)32)26-20(14-23(33)36)18-6-2-4-8-21(18)34-26/h2-13,24,34,37H,14-15H2,1H3,(H2,33,36). The van der Waals surface area contributed by atoms with Crippen molar-refractivity contribution >= 4 is 27.7 Å². The predicted octanol–water partition coefficient (Wildman–Crippen LogP) is 5.04. The van der Waals surface area contributed by atoms with E-state index in [2.05, 4.69) is 4.98 Å². The molecular formula is C29H24F3N3O3. The number of amides is 1. The van der Waals surface area contributed by atoms with Gasteiger partial charge in [0.25, 0.3) is 5.56 Å². The van der Waals surface area contributed by atoms with Crippen LogP contribution in [0.4, 0.5) is 13.2 Å². The second kappa shape index (κ2) is 9.41. The molecule has 0 aliphatic carbocycles. The van der Waals surface area contributed by atoms with Crippen LogP contribution in [0.15, 0.2) is 77.6 Å². The third-order valence-electron chi connectivity index (χ3n) is 6.80. The van der Waals surface area contributed by atoms with E-state index in [9.17, 15) is 27.9 Å². The Labute approximate surface area is 215 Å². The fourth-order valence-electron chi connectivity index (χ4n) is 5.13. The van der Waals surface area contributed by atoms with Crippen molar-refractivity contribution in [2.24, 2.45) is 12.8 Å². The van der Waals surface area contributed by atoms with E-state index in [1.54, 1.807) is 37.4 Å². The summed E-state index contributed by atoms with van der Waals surface area (Å²) in [6, 6.07) is 19.9. The number of aromatic hydroxyl groups is 1. The highest BCUT2D eigenvalue weighted by molar-refractivity contribution is 5.91. The number of primary amides is 1. The van der Waals surface area contributed by atoms with Gasteiger partial charge in [0, 0.05) is 29.0 Å². The molecule has 1 unspecified atom stereocenters. The molecule has 2 aromatic heterocycles. The Balaban J connectivity index is 1.83. The predicted molar refractivity (Wildman–Crippen MR) is 139 cm³/mol. The summed E-state index contributed by atoms with van der Waals surface area (Å²) in [6.07, 6.45) is -5.61. The Hall–Kier alpha value is -4.53. The third kappa shape index (κ3) is 4.51. The molecule has 4 N–H and O–H groups in total. The highest BCUT2D eigenvalue weighted by atomic mass is 19.4. The van der Waals surface area contributed by atoms with Crippen LogP contribution < -0.4 is 11.3 Å². The molecular weight excluding hydrogens is 495 g/mol. The molecule has 0 fully saturated rings. The van der Waals surface area contributed by atoms with Crippen LogP contribution in [0.25, 0.3) is 21.8 Å². The van der Waals surface area contributed by atoms with Gasteiger partial charge < -0.3 is 20.4 Å².